The van der Waals surface area contributed by atoms with Gasteiger partial charge in [-0.05, 0) is 51.3 Å². The molecule has 0 aromatic heterocycles. The lowest BCUT2D eigenvalue weighted by molar-refractivity contribution is -0.122. The topological polar surface area (TPSA) is 103 Å². The van der Waals surface area contributed by atoms with Crippen LogP contribution in [0, 0.1) is 5.92 Å². The summed E-state index contributed by atoms with van der Waals surface area (Å²) in [5.74, 6) is 1.00. The number of aliphatic imine (C=N–C) groups is 1. The van der Waals surface area contributed by atoms with Gasteiger partial charge in [-0.15, -0.1) is 0 Å². The van der Waals surface area contributed by atoms with Crippen LogP contribution in [0.4, 0.5) is 0 Å². The molecule has 2 rings (SSSR count). The van der Waals surface area contributed by atoms with Gasteiger partial charge < -0.3 is 16.0 Å². The van der Waals surface area contributed by atoms with Crippen molar-refractivity contribution in [3.05, 3.63) is 29.8 Å². The van der Waals surface area contributed by atoms with Crippen LogP contribution in [0.1, 0.15) is 39.2 Å². The third kappa shape index (κ3) is 7.01. The van der Waals surface area contributed by atoms with E-state index in [0.717, 1.165) is 24.9 Å². The fourth-order valence-electron chi connectivity index (χ4n) is 2.58. The summed E-state index contributed by atoms with van der Waals surface area (Å²) in [6, 6.07) is 6.69. The number of carbonyl (C=O) groups is 1. The lowest BCUT2D eigenvalue weighted by Gasteiger charge is -2.21. The highest BCUT2D eigenvalue weighted by Crippen LogP contribution is 2.28. The molecule has 0 saturated heterocycles. The Morgan fingerprint density at radius 3 is 2.31 bits per heavy atom. The Balaban J connectivity index is 1.90. The lowest BCUT2D eigenvalue weighted by Crippen LogP contribution is -2.41. The van der Waals surface area contributed by atoms with Crippen LogP contribution in [-0.2, 0) is 21.4 Å². The highest BCUT2D eigenvalue weighted by molar-refractivity contribution is 7.89. The van der Waals surface area contributed by atoms with Gasteiger partial charge in [0.15, 0.2) is 5.96 Å². The average Bonchev–Trinajstić information content (AvgIpc) is 3.54. The summed E-state index contributed by atoms with van der Waals surface area (Å²) < 4.78 is 26.4. The molecule has 8 nitrogen and oxygen atoms in total. The zero-order chi connectivity index (χ0) is 21.4. The predicted molar refractivity (Wildman–Crippen MR) is 115 cm³/mol. The van der Waals surface area contributed by atoms with Crippen molar-refractivity contribution in [3.8, 4) is 0 Å². The standard InChI is InChI=1S/C20H33N5O3S/c1-5-21-20(23-13-12-22-19(26)17-8-9-17)24-14-16-6-10-18(11-7-16)29(27,28)25(4)15(2)3/h6-7,10-11,15,17H,5,8-9,12-14H2,1-4H3,(H,22,26)(H2,21,23,24). The molecule has 1 fully saturated rings. The number of carbonyl (C=O) groups excluding carboxylic acids is 1. The molecule has 1 aromatic rings. The fraction of sp³-hybridized carbons (Fsp3) is 0.600. The largest absolute Gasteiger partial charge is 0.357 e. The Kier molecular flexibility index (Phi) is 8.45. The minimum absolute atomic E-state index is 0.105. The van der Waals surface area contributed by atoms with Gasteiger partial charge in [0, 0.05) is 38.6 Å². The highest BCUT2D eigenvalue weighted by atomic mass is 32.2. The number of sulfonamides is 1. The van der Waals surface area contributed by atoms with Gasteiger partial charge in [-0.1, -0.05) is 12.1 Å². The molecule has 1 aliphatic rings. The first-order valence-corrected chi connectivity index (χ1v) is 11.6. The summed E-state index contributed by atoms with van der Waals surface area (Å²) >= 11 is 0. The molecule has 3 N–H and O–H groups in total. The van der Waals surface area contributed by atoms with Gasteiger partial charge in [0.2, 0.25) is 15.9 Å². The molecule has 162 valence electrons. The van der Waals surface area contributed by atoms with E-state index < -0.39 is 10.0 Å². The Morgan fingerprint density at radius 2 is 1.76 bits per heavy atom. The molecule has 0 aliphatic heterocycles. The molecular weight excluding hydrogens is 390 g/mol. The van der Waals surface area contributed by atoms with Crippen molar-refractivity contribution in [3.63, 3.8) is 0 Å². The van der Waals surface area contributed by atoms with Gasteiger partial charge >= 0.3 is 0 Å². The Labute approximate surface area is 174 Å². The van der Waals surface area contributed by atoms with Gasteiger partial charge in [-0.25, -0.2) is 13.4 Å². The molecule has 0 unspecified atom stereocenters. The second-order valence-electron chi connectivity index (χ2n) is 7.45. The minimum Gasteiger partial charge on any atom is -0.357 e. The molecule has 9 heteroatoms. The second-order valence-corrected chi connectivity index (χ2v) is 9.44. The number of guanidine groups is 1. The SMILES string of the molecule is CCNC(=NCc1ccc(S(=O)(=O)N(C)C(C)C)cc1)NCCNC(=O)C1CC1. The third-order valence-electron chi connectivity index (χ3n) is 4.76. The van der Waals surface area contributed by atoms with Gasteiger partial charge in [0.05, 0.1) is 11.4 Å². The Hall–Kier alpha value is -2.13. The Bertz CT molecular complexity index is 802. The van der Waals surface area contributed by atoms with Crippen LogP contribution in [0.15, 0.2) is 34.2 Å². The number of amides is 1. The van der Waals surface area contributed by atoms with E-state index in [2.05, 4.69) is 20.9 Å². The number of benzene rings is 1. The van der Waals surface area contributed by atoms with E-state index >= 15 is 0 Å². The molecule has 1 aromatic carbocycles. The zero-order valence-corrected chi connectivity index (χ0v) is 18.6. The first-order valence-electron chi connectivity index (χ1n) is 10.1. The van der Waals surface area contributed by atoms with Crippen LogP contribution in [0.5, 0.6) is 0 Å². The van der Waals surface area contributed by atoms with E-state index in [1.54, 1.807) is 31.3 Å². The van der Waals surface area contributed by atoms with Crippen molar-refractivity contribution >= 4 is 21.9 Å². The second kappa shape index (κ2) is 10.6. The van der Waals surface area contributed by atoms with Crippen molar-refractivity contribution in [1.82, 2.24) is 20.3 Å². The van der Waals surface area contributed by atoms with E-state index in [9.17, 15) is 13.2 Å². The van der Waals surface area contributed by atoms with Crippen molar-refractivity contribution in [2.75, 3.05) is 26.7 Å². The van der Waals surface area contributed by atoms with Crippen LogP contribution >= 0.6 is 0 Å². The van der Waals surface area contributed by atoms with Crippen LogP contribution in [0.3, 0.4) is 0 Å². The first-order chi connectivity index (χ1) is 13.8. The highest BCUT2D eigenvalue weighted by Gasteiger charge is 2.29. The predicted octanol–water partition coefficient (Wildman–Crippen LogP) is 1.30. The summed E-state index contributed by atoms with van der Waals surface area (Å²) in [6.45, 7) is 7.94. The van der Waals surface area contributed by atoms with Gasteiger partial charge in [0.1, 0.15) is 0 Å². The summed E-state index contributed by atoms with van der Waals surface area (Å²) in [5.41, 5.74) is 0.912. The number of hydrogen-bond donors (Lipinski definition) is 3. The quantitative estimate of drug-likeness (QED) is 0.299. The molecule has 1 saturated carbocycles. The maximum atomic E-state index is 12.5. The van der Waals surface area contributed by atoms with E-state index in [1.807, 2.05) is 20.8 Å². The Morgan fingerprint density at radius 1 is 1.14 bits per heavy atom. The molecule has 1 amide bonds. The first kappa shape index (κ1) is 23.2. The number of hydrogen-bond acceptors (Lipinski definition) is 4. The van der Waals surface area contributed by atoms with Gasteiger partial charge in [-0.2, -0.15) is 4.31 Å². The lowest BCUT2D eigenvalue weighted by atomic mass is 10.2. The smallest absolute Gasteiger partial charge is 0.243 e. The molecule has 0 spiro atoms. The summed E-state index contributed by atoms with van der Waals surface area (Å²) in [4.78, 5) is 16.4. The molecular formula is C20H33N5O3S. The molecule has 0 bridgehead atoms. The molecule has 0 radical (unpaired) electrons. The van der Waals surface area contributed by atoms with Crippen molar-refractivity contribution < 1.29 is 13.2 Å². The van der Waals surface area contributed by atoms with Gasteiger partial charge in [0.25, 0.3) is 0 Å². The van der Waals surface area contributed by atoms with E-state index in [-0.39, 0.29) is 22.8 Å². The normalized spacial score (nSPS) is 14.9. The van der Waals surface area contributed by atoms with Crippen LogP contribution in [-0.4, -0.2) is 57.3 Å². The number of nitrogens with one attached hydrogen (secondary N) is 3. The van der Waals surface area contributed by atoms with Crippen LogP contribution < -0.4 is 16.0 Å². The zero-order valence-electron chi connectivity index (χ0n) is 17.7. The van der Waals surface area contributed by atoms with Crippen molar-refractivity contribution in [2.45, 2.75) is 51.1 Å². The fourth-order valence-corrected chi connectivity index (χ4v) is 3.95. The summed E-state index contributed by atoms with van der Waals surface area (Å²) in [5, 5.41) is 9.26. The van der Waals surface area contributed by atoms with Crippen LogP contribution in [0.25, 0.3) is 0 Å². The monoisotopic (exact) mass is 423 g/mol. The van der Waals surface area contributed by atoms with E-state index in [1.165, 1.54) is 4.31 Å². The summed E-state index contributed by atoms with van der Waals surface area (Å²) in [7, 11) is -1.90. The van der Waals surface area contributed by atoms with E-state index in [4.69, 9.17) is 0 Å². The van der Waals surface area contributed by atoms with E-state index in [0.29, 0.717) is 25.6 Å². The third-order valence-corrected chi connectivity index (χ3v) is 6.80. The molecule has 0 heterocycles. The van der Waals surface area contributed by atoms with Crippen molar-refractivity contribution in [2.24, 2.45) is 10.9 Å². The molecule has 1 aliphatic carbocycles. The van der Waals surface area contributed by atoms with Gasteiger partial charge in [-0.3, -0.25) is 4.79 Å². The number of nitrogens with zero attached hydrogens (tertiary/aromatic N) is 2. The minimum atomic E-state index is -3.48. The summed E-state index contributed by atoms with van der Waals surface area (Å²) in [6.07, 6.45) is 1.99. The molecule has 0 atom stereocenters. The number of rotatable bonds is 10. The van der Waals surface area contributed by atoms with Crippen molar-refractivity contribution in [1.29, 1.82) is 0 Å². The van der Waals surface area contributed by atoms with Crippen LogP contribution in [0.2, 0.25) is 0 Å². The maximum absolute atomic E-state index is 12.5. The molecule has 29 heavy (non-hydrogen) atoms. The maximum Gasteiger partial charge on any atom is 0.243 e. The average molecular weight is 424 g/mol.